The Kier molecular flexibility index (Phi) is 4.07. The van der Waals surface area contributed by atoms with Crippen molar-refractivity contribution < 1.29 is 9.15 Å². The first-order valence-corrected chi connectivity index (χ1v) is 9.33. The SMILES string of the molecule is c1ccc(CO[C@@H]2c3oc(-c4ccccc4)nc3CN3CCC[C@H]23)cc1. The molecule has 2 atom stereocenters. The number of fused-ring (bicyclic) bond motifs is 2. The van der Waals surface area contributed by atoms with Crippen LogP contribution in [0, 0.1) is 0 Å². The lowest BCUT2D eigenvalue weighted by Gasteiger charge is -2.34. The lowest BCUT2D eigenvalue weighted by molar-refractivity contribution is -0.0384. The number of rotatable bonds is 4. The minimum Gasteiger partial charge on any atom is -0.438 e. The molecule has 2 aliphatic rings. The molecule has 2 aliphatic heterocycles. The lowest BCUT2D eigenvalue weighted by Crippen LogP contribution is -2.39. The fourth-order valence-electron chi connectivity index (χ4n) is 4.11. The van der Waals surface area contributed by atoms with Crippen molar-refractivity contribution in [3.05, 3.63) is 77.7 Å². The van der Waals surface area contributed by atoms with Gasteiger partial charge >= 0.3 is 0 Å². The molecule has 0 N–H and O–H groups in total. The van der Waals surface area contributed by atoms with Gasteiger partial charge in [-0.05, 0) is 37.1 Å². The molecule has 132 valence electrons. The molecule has 4 nitrogen and oxygen atoms in total. The number of hydrogen-bond acceptors (Lipinski definition) is 4. The van der Waals surface area contributed by atoms with Gasteiger partial charge in [-0.2, -0.15) is 0 Å². The molecular weight excluding hydrogens is 324 g/mol. The van der Waals surface area contributed by atoms with Gasteiger partial charge in [0.15, 0.2) is 5.76 Å². The van der Waals surface area contributed by atoms with Gasteiger partial charge in [0.05, 0.1) is 12.3 Å². The molecule has 0 amide bonds. The van der Waals surface area contributed by atoms with E-state index in [1.165, 1.54) is 12.0 Å². The van der Waals surface area contributed by atoms with Crippen LogP contribution in [0.3, 0.4) is 0 Å². The molecule has 3 aromatic rings. The van der Waals surface area contributed by atoms with Crippen molar-refractivity contribution in [3.8, 4) is 11.5 Å². The standard InChI is InChI=1S/C22H22N2O2/c1-3-8-16(9-4-1)15-25-21-19-12-7-13-24(19)14-18-20(21)26-22(23-18)17-10-5-2-6-11-17/h1-6,8-11,19,21H,7,12-15H2/t19-,21+/m1/s1. The average molecular weight is 346 g/mol. The summed E-state index contributed by atoms with van der Waals surface area (Å²) in [5.41, 5.74) is 3.23. The van der Waals surface area contributed by atoms with Gasteiger partial charge in [0.1, 0.15) is 6.10 Å². The Balaban J connectivity index is 1.46. The highest BCUT2D eigenvalue weighted by Crippen LogP contribution is 2.41. The van der Waals surface area contributed by atoms with E-state index in [-0.39, 0.29) is 6.10 Å². The predicted octanol–water partition coefficient (Wildman–Crippen LogP) is 4.58. The molecule has 5 rings (SSSR count). The number of hydrogen-bond donors (Lipinski definition) is 0. The smallest absolute Gasteiger partial charge is 0.226 e. The zero-order chi connectivity index (χ0) is 17.3. The summed E-state index contributed by atoms with van der Waals surface area (Å²) in [5, 5.41) is 0. The van der Waals surface area contributed by atoms with Crippen LogP contribution in [0.25, 0.3) is 11.5 Å². The second-order valence-corrected chi connectivity index (χ2v) is 7.09. The summed E-state index contributed by atoms with van der Waals surface area (Å²) >= 11 is 0. The normalized spacial score (nSPS) is 22.2. The molecule has 0 aliphatic carbocycles. The van der Waals surface area contributed by atoms with Crippen LogP contribution < -0.4 is 0 Å². The van der Waals surface area contributed by atoms with Gasteiger partial charge in [-0.25, -0.2) is 4.98 Å². The largest absolute Gasteiger partial charge is 0.438 e. The number of nitrogens with zero attached hydrogens (tertiary/aromatic N) is 2. The van der Waals surface area contributed by atoms with Gasteiger partial charge in [-0.1, -0.05) is 48.5 Å². The van der Waals surface area contributed by atoms with Crippen LogP contribution in [0.15, 0.2) is 65.1 Å². The first kappa shape index (κ1) is 15.8. The summed E-state index contributed by atoms with van der Waals surface area (Å²) < 4.78 is 12.6. The second-order valence-electron chi connectivity index (χ2n) is 7.09. The lowest BCUT2D eigenvalue weighted by atomic mass is 10.0. The highest BCUT2D eigenvalue weighted by Gasteiger charge is 2.42. The quantitative estimate of drug-likeness (QED) is 0.693. The van der Waals surface area contributed by atoms with Crippen LogP contribution in [-0.4, -0.2) is 22.5 Å². The van der Waals surface area contributed by atoms with E-state index in [9.17, 15) is 0 Å². The van der Waals surface area contributed by atoms with Crippen LogP contribution >= 0.6 is 0 Å². The Hall–Kier alpha value is -2.43. The van der Waals surface area contributed by atoms with Crippen LogP contribution in [0.5, 0.6) is 0 Å². The van der Waals surface area contributed by atoms with Crippen LogP contribution in [-0.2, 0) is 17.9 Å². The van der Waals surface area contributed by atoms with Gasteiger partial charge in [0.2, 0.25) is 5.89 Å². The minimum absolute atomic E-state index is 0.0496. The summed E-state index contributed by atoms with van der Waals surface area (Å²) in [7, 11) is 0. The van der Waals surface area contributed by atoms with Gasteiger partial charge in [0, 0.05) is 18.2 Å². The third kappa shape index (κ3) is 2.85. The van der Waals surface area contributed by atoms with Crippen molar-refractivity contribution in [2.75, 3.05) is 6.54 Å². The molecule has 0 saturated carbocycles. The fraction of sp³-hybridized carbons (Fsp3) is 0.318. The molecular formula is C22H22N2O2. The molecule has 4 heteroatoms. The summed E-state index contributed by atoms with van der Waals surface area (Å²) in [4.78, 5) is 7.29. The van der Waals surface area contributed by atoms with Crippen molar-refractivity contribution >= 4 is 0 Å². The Morgan fingerprint density at radius 2 is 1.81 bits per heavy atom. The van der Waals surface area contributed by atoms with Gasteiger partial charge < -0.3 is 9.15 Å². The molecule has 2 aromatic carbocycles. The summed E-state index contributed by atoms with van der Waals surface area (Å²) in [6.45, 7) is 2.57. The van der Waals surface area contributed by atoms with Gasteiger partial charge in [-0.3, -0.25) is 4.90 Å². The number of oxazole rings is 1. The van der Waals surface area contributed by atoms with E-state index in [0.717, 1.165) is 36.5 Å². The van der Waals surface area contributed by atoms with Gasteiger partial charge in [0.25, 0.3) is 0 Å². The molecule has 26 heavy (non-hydrogen) atoms. The van der Waals surface area contributed by atoms with Crippen molar-refractivity contribution in [1.82, 2.24) is 9.88 Å². The zero-order valence-electron chi connectivity index (χ0n) is 14.7. The van der Waals surface area contributed by atoms with Crippen molar-refractivity contribution in [2.24, 2.45) is 0 Å². The fourth-order valence-corrected chi connectivity index (χ4v) is 4.11. The maximum atomic E-state index is 6.38. The zero-order valence-corrected chi connectivity index (χ0v) is 14.7. The highest BCUT2D eigenvalue weighted by atomic mass is 16.5. The molecule has 0 radical (unpaired) electrons. The monoisotopic (exact) mass is 346 g/mol. The summed E-state index contributed by atoms with van der Waals surface area (Å²) in [6.07, 6.45) is 2.32. The number of aromatic nitrogens is 1. The maximum absolute atomic E-state index is 6.38. The minimum atomic E-state index is -0.0496. The van der Waals surface area contributed by atoms with Crippen molar-refractivity contribution in [3.63, 3.8) is 0 Å². The maximum Gasteiger partial charge on any atom is 0.226 e. The van der Waals surface area contributed by atoms with Crippen molar-refractivity contribution in [1.29, 1.82) is 0 Å². The summed E-state index contributed by atoms with van der Waals surface area (Å²) in [5.74, 6) is 1.62. The molecule has 1 aromatic heterocycles. The third-order valence-electron chi connectivity index (χ3n) is 5.40. The third-order valence-corrected chi connectivity index (χ3v) is 5.40. The molecule has 3 heterocycles. The predicted molar refractivity (Wildman–Crippen MR) is 99.3 cm³/mol. The second kappa shape index (κ2) is 6.71. The topological polar surface area (TPSA) is 38.5 Å². The van der Waals surface area contributed by atoms with E-state index in [0.29, 0.717) is 18.5 Å². The highest BCUT2D eigenvalue weighted by molar-refractivity contribution is 5.53. The average Bonchev–Trinajstić information content (AvgIpc) is 3.33. The first-order valence-electron chi connectivity index (χ1n) is 9.33. The van der Waals surface area contributed by atoms with E-state index < -0.39 is 0 Å². The van der Waals surface area contributed by atoms with E-state index in [4.69, 9.17) is 14.1 Å². The Morgan fingerprint density at radius 3 is 2.62 bits per heavy atom. The van der Waals surface area contributed by atoms with E-state index in [2.05, 4.69) is 29.2 Å². The van der Waals surface area contributed by atoms with Gasteiger partial charge in [-0.15, -0.1) is 0 Å². The first-order chi connectivity index (χ1) is 12.9. The van der Waals surface area contributed by atoms with Crippen LogP contribution in [0.1, 0.15) is 36.0 Å². The molecule has 0 unspecified atom stereocenters. The summed E-state index contributed by atoms with van der Waals surface area (Å²) in [6, 6.07) is 20.8. The van der Waals surface area contributed by atoms with E-state index >= 15 is 0 Å². The van der Waals surface area contributed by atoms with Crippen LogP contribution in [0.2, 0.25) is 0 Å². The molecule has 1 saturated heterocycles. The van der Waals surface area contributed by atoms with E-state index in [1.807, 2.05) is 36.4 Å². The Morgan fingerprint density at radius 1 is 1.04 bits per heavy atom. The molecule has 0 spiro atoms. The number of benzene rings is 2. The van der Waals surface area contributed by atoms with E-state index in [1.54, 1.807) is 0 Å². The molecule has 0 bridgehead atoms. The number of ether oxygens (including phenoxy) is 1. The van der Waals surface area contributed by atoms with Crippen molar-refractivity contribution in [2.45, 2.75) is 38.1 Å². The Bertz CT molecular complexity index is 876. The van der Waals surface area contributed by atoms with Crippen LogP contribution in [0.4, 0.5) is 0 Å². The molecule has 1 fully saturated rings. The Labute approximate surface area is 153 Å².